The Labute approximate surface area is 162 Å². The van der Waals surface area contributed by atoms with Crippen LogP contribution in [0.15, 0.2) is 30.3 Å². The van der Waals surface area contributed by atoms with Crippen molar-refractivity contribution in [2.45, 2.75) is 50.7 Å². The van der Waals surface area contributed by atoms with Crippen molar-refractivity contribution in [1.29, 1.82) is 0 Å². The zero-order valence-electron chi connectivity index (χ0n) is 16.4. The summed E-state index contributed by atoms with van der Waals surface area (Å²) in [6, 6.07) is 10.0. The molecule has 5 heteroatoms. The SMILES string of the molecule is CCCC(=O)NC[C@H]1[C@H]2CN(CCCOc3ccccc3)C[C@]23CC[C@H]1O3. The summed E-state index contributed by atoms with van der Waals surface area (Å²) in [5.41, 5.74) is 0.0467. The highest BCUT2D eigenvalue weighted by Crippen LogP contribution is 2.54. The summed E-state index contributed by atoms with van der Waals surface area (Å²) < 4.78 is 12.3. The number of hydrogen-bond acceptors (Lipinski definition) is 4. The first-order chi connectivity index (χ1) is 13.2. The second kappa shape index (κ2) is 8.19. The van der Waals surface area contributed by atoms with Crippen molar-refractivity contribution in [2.24, 2.45) is 11.8 Å². The molecule has 3 fully saturated rings. The number of fused-ring (bicyclic) bond motifs is 1. The molecule has 1 aromatic rings. The number of amides is 1. The van der Waals surface area contributed by atoms with Gasteiger partial charge in [0.05, 0.1) is 18.3 Å². The van der Waals surface area contributed by atoms with Crippen LogP contribution in [0.2, 0.25) is 0 Å². The molecular weight excluding hydrogens is 340 g/mol. The van der Waals surface area contributed by atoms with E-state index in [9.17, 15) is 4.79 Å². The Kier molecular flexibility index (Phi) is 5.69. The summed E-state index contributed by atoms with van der Waals surface area (Å²) in [7, 11) is 0. The Morgan fingerprint density at radius 1 is 1.37 bits per heavy atom. The largest absolute Gasteiger partial charge is 0.494 e. The van der Waals surface area contributed by atoms with Crippen molar-refractivity contribution in [3.8, 4) is 5.75 Å². The van der Waals surface area contributed by atoms with Gasteiger partial charge >= 0.3 is 0 Å². The first-order valence-corrected chi connectivity index (χ1v) is 10.5. The van der Waals surface area contributed by atoms with Gasteiger partial charge in [0.1, 0.15) is 5.75 Å². The van der Waals surface area contributed by atoms with Crippen LogP contribution in [0.3, 0.4) is 0 Å². The predicted molar refractivity (Wildman–Crippen MR) is 105 cm³/mol. The average molecular weight is 373 g/mol. The summed E-state index contributed by atoms with van der Waals surface area (Å²) in [4.78, 5) is 14.4. The van der Waals surface area contributed by atoms with Crippen molar-refractivity contribution in [2.75, 3.05) is 32.8 Å². The molecule has 0 aliphatic carbocycles. The van der Waals surface area contributed by atoms with Crippen LogP contribution in [-0.2, 0) is 9.53 Å². The first-order valence-electron chi connectivity index (χ1n) is 10.5. The quantitative estimate of drug-likeness (QED) is 0.677. The smallest absolute Gasteiger partial charge is 0.219 e. The first kappa shape index (κ1) is 18.8. The molecule has 3 saturated heterocycles. The molecule has 3 heterocycles. The zero-order valence-corrected chi connectivity index (χ0v) is 16.4. The number of nitrogens with one attached hydrogen (secondary N) is 1. The van der Waals surface area contributed by atoms with Gasteiger partial charge in [0.25, 0.3) is 0 Å². The monoisotopic (exact) mass is 372 g/mol. The Morgan fingerprint density at radius 2 is 2.22 bits per heavy atom. The number of ether oxygens (including phenoxy) is 2. The number of carbonyl (C=O) groups excluding carboxylic acids is 1. The number of rotatable bonds is 9. The second-order valence-electron chi connectivity index (χ2n) is 8.33. The minimum atomic E-state index is 0.0467. The third kappa shape index (κ3) is 3.99. The maximum atomic E-state index is 11.9. The fourth-order valence-electron chi connectivity index (χ4n) is 5.27. The van der Waals surface area contributed by atoms with E-state index < -0.39 is 0 Å². The van der Waals surface area contributed by atoms with Crippen molar-refractivity contribution < 1.29 is 14.3 Å². The van der Waals surface area contributed by atoms with Crippen LogP contribution in [0.4, 0.5) is 0 Å². The lowest BCUT2D eigenvalue weighted by Crippen LogP contribution is -2.41. The highest BCUT2D eigenvalue weighted by atomic mass is 16.5. The van der Waals surface area contributed by atoms with Gasteiger partial charge in [0.15, 0.2) is 0 Å². The van der Waals surface area contributed by atoms with E-state index in [0.29, 0.717) is 24.4 Å². The molecule has 4 atom stereocenters. The van der Waals surface area contributed by atoms with Gasteiger partial charge in [0, 0.05) is 44.4 Å². The number of carbonyl (C=O) groups is 1. The van der Waals surface area contributed by atoms with Crippen molar-refractivity contribution >= 4 is 5.91 Å². The van der Waals surface area contributed by atoms with Gasteiger partial charge < -0.3 is 14.8 Å². The van der Waals surface area contributed by atoms with Crippen LogP contribution in [0.1, 0.15) is 39.0 Å². The number of nitrogens with zero attached hydrogens (tertiary/aromatic N) is 1. The van der Waals surface area contributed by atoms with Crippen LogP contribution >= 0.6 is 0 Å². The molecule has 4 rings (SSSR count). The summed E-state index contributed by atoms with van der Waals surface area (Å²) >= 11 is 0. The topological polar surface area (TPSA) is 50.8 Å². The Bertz CT molecular complexity index is 638. The standard InChI is InChI=1S/C22H32N2O3/c1-2-7-21(25)23-14-18-19-15-24(16-22(19)11-10-20(18)27-22)12-6-13-26-17-8-4-3-5-9-17/h3-5,8-9,18-20H,2,6-7,10-16H2,1H3,(H,23,25)/t18-,19+,20+,22+/m0/s1. The van der Waals surface area contributed by atoms with Crippen LogP contribution < -0.4 is 10.1 Å². The Hall–Kier alpha value is -1.59. The van der Waals surface area contributed by atoms with Gasteiger partial charge in [-0.2, -0.15) is 0 Å². The van der Waals surface area contributed by atoms with E-state index in [1.807, 2.05) is 37.3 Å². The third-order valence-corrected chi connectivity index (χ3v) is 6.50. The van der Waals surface area contributed by atoms with Crippen LogP contribution in [0, 0.1) is 11.8 Å². The lowest BCUT2D eigenvalue weighted by molar-refractivity contribution is -0.121. The Balaban J connectivity index is 1.25. The number of hydrogen-bond donors (Lipinski definition) is 1. The van der Waals surface area contributed by atoms with Crippen molar-refractivity contribution in [3.63, 3.8) is 0 Å². The number of likely N-dealkylation sites (tertiary alicyclic amines) is 1. The molecule has 0 aromatic heterocycles. The highest BCUT2D eigenvalue weighted by Gasteiger charge is 2.62. The molecule has 148 valence electrons. The van der Waals surface area contributed by atoms with E-state index in [4.69, 9.17) is 9.47 Å². The summed E-state index contributed by atoms with van der Waals surface area (Å²) in [5.74, 6) is 2.17. The van der Waals surface area contributed by atoms with Gasteiger partial charge in [-0.15, -0.1) is 0 Å². The minimum absolute atomic E-state index is 0.0467. The molecule has 1 N–H and O–H groups in total. The lowest BCUT2D eigenvalue weighted by atomic mass is 9.73. The lowest BCUT2D eigenvalue weighted by Gasteiger charge is -2.29. The van der Waals surface area contributed by atoms with E-state index >= 15 is 0 Å². The fourth-order valence-corrected chi connectivity index (χ4v) is 5.27. The van der Waals surface area contributed by atoms with Crippen molar-refractivity contribution in [1.82, 2.24) is 10.2 Å². The molecule has 1 amide bonds. The average Bonchev–Trinajstić information content (AvgIpc) is 3.33. The van der Waals surface area contributed by atoms with Gasteiger partial charge in [-0.3, -0.25) is 9.69 Å². The number of benzene rings is 1. The molecule has 0 radical (unpaired) electrons. The summed E-state index contributed by atoms with van der Waals surface area (Å²) in [6.45, 7) is 6.76. The molecule has 0 unspecified atom stereocenters. The van der Waals surface area contributed by atoms with E-state index in [2.05, 4.69) is 10.2 Å². The third-order valence-electron chi connectivity index (χ3n) is 6.50. The molecule has 2 bridgehead atoms. The van der Waals surface area contributed by atoms with E-state index in [1.165, 1.54) is 6.42 Å². The zero-order chi connectivity index (χ0) is 18.7. The van der Waals surface area contributed by atoms with Gasteiger partial charge in [-0.25, -0.2) is 0 Å². The van der Waals surface area contributed by atoms with Crippen LogP contribution in [-0.4, -0.2) is 55.3 Å². The van der Waals surface area contributed by atoms with Crippen LogP contribution in [0.25, 0.3) is 0 Å². The van der Waals surface area contributed by atoms with Crippen molar-refractivity contribution in [3.05, 3.63) is 30.3 Å². The maximum absolute atomic E-state index is 11.9. The second-order valence-corrected chi connectivity index (χ2v) is 8.33. The molecule has 1 aromatic carbocycles. The summed E-state index contributed by atoms with van der Waals surface area (Å²) in [6.07, 6.45) is 5.23. The molecule has 0 saturated carbocycles. The molecule has 5 nitrogen and oxygen atoms in total. The molecule has 27 heavy (non-hydrogen) atoms. The summed E-state index contributed by atoms with van der Waals surface area (Å²) in [5, 5.41) is 3.15. The maximum Gasteiger partial charge on any atom is 0.219 e. The molecular formula is C22H32N2O3. The van der Waals surface area contributed by atoms with Gasteiger partial charge in [0.2, 0.25) is 5.91 Å². The highest BCUT2D eigenvalue weighted by molar-refractivity contribution is 5.75. The minimum Gasteiger partial charge on any atom is -0.494 e. The predicted octanol–water partition coefficient (Wildman–Crippen LogP) is 2.85. The van der Waals surface area contributed by atoms with E-state index in [0.717, 1.165) is 57.8 Å². The number of para-hydroxylation sites is 1. The molecule has 3 aliphatic heterocycles. The fraction of sp³-hybridized carbons (Fsp3) is 0.682. The van der Waals surface area contributed by atoms with E-state index in [-0.39, 0.29) is 11.5 Å². The molecule has 1 spiro atoms. The van der Waals surface area contributed by atoms with Crippen LogP contribution in [0.5, 0.6) is 5.75 Å². The normalized spacial score (nSPS) is 31.8. The van der Waals surface area contributed by atoms with Gasteiger partial charge in [-0.05, 0) is 37.8 Å². The van der Waals surface area contributed by atoms with E-state index in [1.54, 1.807) is 0 Å². The Morgan fingerprint density at radius 3 is 3.04 bits per heavy atom. The van der Waals surface area contributed by atoms with Gasteiger partial charge in [-0.1, -0.05) is 25.1 Å². The molecule has 3 aliphatic rings.